The van der Waals surface area contributed by atoms with Crippen LogP contribution in [0.2, 0.25) is 0 Å². The van der Waals surface area contributed by atoms with Crippen molar-refractivity contribution in [1.29, 1.82) is 0 Å². The number of anilines is 1. The van der Waals surface area contributed by atoms with E-state index in [0.717, 1.165) is 24.0 Å². The van der Waals surface area contributed by atoms with E-state index in [-0.39, 0.29) is 17.9 Å². The number of hydrazone groups is 1. The van der Waals surface area contributed by atoms with Crippen molar-refractivity contribution in [1.82, 2.24) is 30.0 Å². The molecule has 1 aromatic carbocycles. The van der Waals surface area contributed by atoms with Gasteiger partial charge in [-0.2, -0.15) is 10.1 Å². The molecule has 0 unspecified atom stereocenters. The van der Waals surface area contributed by atoms with Crippen molar-refractivity contribution < 1.29 is 18.8 Å². The van der Waals surface area contributed by atoms with Gasteiger partial charge in [-0.3, -0.25) is 9.20 Å². The highest BCUT2D eigenvalue weighted by molar-refractivity contribution is 6.04. The number of amides is 2. The molecule has 1 aliphatic rings. The minimum absolute atomic E-state index is 0.0431. The molecular formula is C26H30N10O4. The number of carbonyl (C=O) groups excluding carboxylic acids is 2. The third kappa shape index (κ3) is 5.56. The number of carbonyl (C=O) groups is 2. The number of aryl methyl sites for hydroxylation is 2. The molecule has 1 aliphatic heterocycles. The number of benzene rings is 1. The summed E-state index contributed by atoms with van der Waals surface area (Å²) in [6, 6.07) is 9.40. The number of aromatic nitrogens is 4. The fourth-order valence-corrected chi connectivity index (χ4v) is 4.47. The predicted molar refractivity (Wildman–Crippen MR) is 146 cm³/mol. The molecule has 14 heteroatoms. The number of amidine groups is 1. The van der Waals surface area contributed by atoms with Crippen LogP contribution in [0.15, 0.2) is 52.4 Å². The molecule has 4 heterocycles. The lowest BCUT2D eigenvalue weighted by molar-refractivity contribution is 0.0804. The van der Waals surface area contributed by atoms with Crippen LogP contribution in [0.5, 0.6) is 0 Å². The van der Waals surface area contributed by atoms with Gasteiger partial charge in [-0.25, -0.2) is 21.2 Å². The van der Waals surface area contributed by atoms with E-state index in [1.807, 2.05) is 37.4 Å². The van der Waals surface area contributed by atoms with E-state index in [4.69, 9.17) is 20.8 Å². The second-order valence-electron chi connectivity index (χ2n) is 9.51. The lowest BCUT2D eigenvalue weighted by Crippen LogP contribution is -2.48. The highest BCUT2D eigenvalue weighted by atomic mass is 16.5. The molecule has 14 nitrogen and oxygen atoms in total. The van der Waals surface area contributed by atoms with Gasteiger partial charge in [0.05, 0.1) is 19.2 Å². The molecule has 0 spiro atoms. The molecule has 0 atom stereocenters. The maximum Gasteiger partial charge on any atom is 0.409 e. The van der Waals surface area contributed by atoms with E-state index in [0.29, 0.717) is 59.7 Å². The third-order valence-electron chi connectivity index (χ3n) is 6.76. The second-order valence-corrected chi connectivity index (χ2v) is 9.51. The lowest BCUT2D eigenvalue weighted by Gasteiger charge is -2.35. The molecule has 0 saturated carbocycles. The van der Waals surface area contributed by atoms with Crippen LogP contribution in [0, 0.1) is 6.92 Å². The van der Waals surface area contributed by atoms with Crippen molar-refractivity contribution >= 4 is 29.2 Å². The summed E-state index contributed by atoms with van der Waals surface area (Å²) in [5.41, 5.74) is 12.2. The third-order valence-corrected chi connectivity index (χ3v) is 6.76. The first-order valence-electron chi connectivity index (χ1n) is 12.7. The van der Waals surface area contributed by atoms with Crippen LogP contribution in [-0.4, -0.2) is 62.5 Å². The van der Waals surface area contributed by atoms with Crippen LogP contribution < -0.4 is 22.4 Å². The summed E-state index contributed by atoms with van der Waals surface area (Å²) >= 11 is 0. The minimum Gasteiger partial charge on any atom is -0.453 e. The number of hydrazine groups is 1. The lowest BCUT2D eigenvalue weighted by atomic mass is 10.0. The van der Waals surface area contributed by atoms with E-state index in [1.54, 1.807) is 21.6 Å². The molecule has 1 saturated heterocycles. The first-order chi connectivity index (χ1) is 19.4. The van der Waals surface area contributed by atoms with Gasteiger partial charge in [0.15, 0.2) is 0 Å². The number of nitrogens with one attached hydrogen (secondary N) is 2. The van der Waals surface area contributed by atoms with Gasteiger partial charge in [0.2, 0.25) is 11.7 Å². The molecule has 0 bridgehead atoms. The molecule has 5 rings (SSSR count). The van der Waals surface area contributed by atoms with Gasteiger partial charge in [0.1, 0.15) is 17.2 Å². The monoisotopic (exact) mass is 546 g/mol. The molecule has 3 aromatic heterocycles. The highest BCUT2D eigenvalue weighted by Gasteiger charge is 2.36. The zero-order valence-corrected chi connectivity index (χ0v) is 22.1. The van der Waals surface area contributed by atoms with E-state index in [9.17, 15) is 9.59 Å². The molecule has 40 heavy (non-hydrogen) atoms. The van der Waals surface area contributed by atoms with Crippen LogP contribution in [-0.2, 0) is 11.2 Å². The van der Waals surface area contributed by atoms with Crippen LogP contribution in [0.1, 0.15) is 46.3 Å². The number of methoxy groups -OCH3 is 1. The Kier molecular flexibility index (Phi) is 7.59. The van der Waals surface area contributed by atoms with Crippen LogP contribution in [0.4, 0.5) is 10.5 Å². The summed E-state index contributed by atoms with van der Waals surface area (Å²) in [7, 11) is 1.35. The predicted octanol–water partition coefficient (Wildman–Crippen LogP) is 2.17. The average molecular weight is 547 g/mol. The smallest absolute Gasteiger partial charge is 0.409 e. The molecule has 2 amide bonds. The van der Waals surface area contributed by atoms with Crippen molar-refractivity contribution in [3.63, 3.8) is 0 Å². The van der Waals surface area contributed by atoms with Crippen molar-refractivity contribution in [2.45, 2.75) is 32.1 Å². The summed E-state index contributed by atoms with van der Waals surface area (Å²) in [5, 5.41) is 10.8. The molecular weight excluding hydrogens is 516 g/mol. The van der Waals surface area contributed by atoms with E-state index < -0.39 is 0 Å². The van der Waals surface area contributed by atoms with Crippen molar-refractivity contribution in [3.05, 3.63) is 65.4 Å². The van der Waals surface area contributed by atoms with Gasteiger partial charge in [0.25, 0.3) is 5.91 Å². The first-order valence-corrected chi connectivity index (χ1v) is 12.7. The number of imidazole rings is 1. The largest absolute Gasteiger partial charge is 0.453 e. The molecule has 0 aliphatic carbocycles. The standard InChI is InChI=1S/C26H30N10O4/c1-15-6-8-17(23-31-25(40-33-23)18-13-35(14-18)26(38)39-2)10-19(15)30-24(37)20-11-29-22-9-7-16(12-36(20)22)4-3-5-21(27)32-34-28/h6-12,18,34H,3-5,13-14,28H2,1-2H3,(H2,27,32)(H,30,37). The van der Waals surface area contributed by atoms with Gasteiger partial charge in [-0.15, -0.1) is 0 Å². The van der Waals surface area contributed by atoms with Crippen molar-refractivity contribution in [2.24, 2.45) is 16.7 Å². The molecule has 1 fully saturated rings. The van der Waals surface area contributed by atoms with Gasteiger partial charge in [0, 0.05) is 37.0 Å². The Bertz CT molecular complexity index is 1570. The Morgan fingerprint density at radius 3 is 2.85 bits per heavy atom. The van der Waals surface area contributed by atoms with E-state index in [1.165, 1.54) is 7.11 Å². The Labute approximate surface area is 229 Å². The number of fused-ring (bicyclic) bond motifs is 1. The van der Waals surface area contributed by atoms with Crippen LogP contribution >= 0.6 is 0 Å². The zero-order chi connectivity index (χ0) is 28.2. The summed E-state index contributed by atoms with van der Waals surface area (Å²) in [4.78, 5) is 35.4. The molecule has 6 N–H and O–H groups in total. The highest BCUT2D eigenvalue weighted by Crippen LogP contribution is 2.29. The number of rotatable bonds is 9. The number of likely N-dealkylation sites (tertiary alicyclic amines) is 1. The number of hydrogen-bond donors (Lipinski definition) is 4. The first kappa shape index (κ1) is 26.6. The number of nitrogens with zero attached hydrogens (tertiary/aromatic N) is 6. The number of pyridine rings is 1. The van der Waals surface area contributed by atoms with Gasteiger partial charge < -0.3 is 25.2 Å². The van der Waals surface area contributed by atoms with E-state index >= 15 is 0 Å². The molecule has 4 aromatic rings. The maximum absolute atomic E-state index is 13.3. The summed E-state index contributed by atoms with van der Waals surface area (Å²) < 4.78 is 11.9. The van der Waals surface area contributed by atoms with Gasteiger partial charge in [-0.1, -0.05) is 23.4 Å². The second kappa shape index (κ2) is 11.4. The summed E-state index contributed by atoms with van der Waals surface area (Å²) in [6.07, 6.45) is 5.17. The average Bonchev–Trinajstić information content (AvgIpc) is 3.57. The van der Waals surface area contributed by atoms with E-state index in [2.05, 4.69) is 31.1 Å². The SMILES string of the molecule is COC(=O)N1CC(c2nc(-c3ccc(C)c(NC(=O)c4cnc5ccc(CCC/C(N)=N/NN)cn45)c3)no2)C1. The Balaban J connectivity index is 1.28. The number of hydrogen-bond acceptors (Lipinski definition) is 10. The zero-order valence-electron chi connectivity index (χ0n) is 22.1. The van der Waals surface area contributed by atoms with Crippen LogP contribution in [0.3, 0.4) is 0 Å². The van der Waals surface area contributed by atoms with Crippen molar-refractivity contribution in [2.75, 3.05) is 25.5 Å². The fourth-order valence-electron chi connectivity index (χ4n) is 4.47. The Hall–Kier alpha value is -4.98. The molecule has 0 radical (unpaired) electrons. The minimum atomic E-state index is -0.381. The summed E-state index contributed by atoms with van der Waals surface area (Å²) in [5.74, 6) is 6.08. The van der Waals surface area contributed by atoms with Crippen molar-refractivity contribution in [3.8, 4) is 11.4 Å². The van der Waals surface area contributed by atoms with Crippen LogP contribution in [0.25, 0.3) is 17.0 Å². The maximum atomic E-state index is 13.3. The summed E-state index contributed by atoms with van der Waals surface area (Å²) in [6.45, 7) is 2.82. The molecule has 208 valence electrons. The quantitative estimate of drug-likeness (QED) is 0.105. The number of ether oxygens (including phenoxy) is 1. The number of nitrogens with two attached hydrogens (primary N) is 2. The normalized spacial score (nSPS) is 13.8. The fraction of sp³-hybridized carbons (Fsp3) is 0.308. The van der Waals surface area contributed by atoms with Gasteiger partial charge in [-0.05, 0) is 43.0 Å². The Morgan fingerprint density at radius 1 is 1.25 bits per heavy atom. The topological polar surface area (TPSA) is 191 Å². The Morgan fingerprint density at radius 2 is 2.08 bits per heavy atom. The van der Waals surface area contributed by atoms with Gasteiger partial charge >= 0.3 is 6.09 Å².